The smallest absolute Gasteiger partial charge is 0.184 e. The molecule has 108 valence electrons. The van der Waals surface area contributed by atoms with Gasteiger partial charge in [-0.15, -0.1) is 6.58 Å². The molecule has 0 bridgehead atoms. The van der Waals surface area contributed by atoms with Crippen molar-refractivity contribution in [1.29, 1.82) is 0 Å². The Hall–Kier alpha value is 0.580. The Morgan fingerprint density at radius 3 is 2.79 bits per heavy atom. The number of alkyl halides is 2. The van der Waals surface area contributed by atoms with E-state index in [0.717, 1.165) is 19.3 Å². The molecule has 0 spiro atoms. The number of rotatable bonds is 2. The molecule has 5 heteroatoms. The molecule has 1 saturated carbocycles. The SMILES string of the molecule is C=C[C@H]1C[C@@H]2OC3(O)C(C(CC)[C@@H](Br)C[C@H]3Br)[C@@H]2O1. The summed E-state index contributed by atoms with van der Waals surface area (Å²) in [5.41, 5.74) is 0. The van der Waals surface area contributed by atoms with Crippen molar-refractivity contribution < 1.29 is 14.6 Å². The number of fused-ring (bicyclic) bond motifs is 3. The quantitative estimate of drug-likeness (QED) is 0.577. The van der Waals surface area contributed by atoms with E-state index in [9.17, 15) is 5.11 Å². The lowest BCUT2D eigenvalue weighted by Crippen LogP contribution is -2.56. The molecule has 0 aromatic rings. The summed E-state index contributed by atoms with van der Waals surface area (Å²) >= 11 is 7.38. The summed E-state index contributed by atoms with van der Waals surface area (Å²) in [5, 5.41) is 11.0. The molecule has 8 atom stereocenters. The Bertz CT molecular complexity index is 378. The minimum absolute atomic E-state index is 0.00935. The first-order valence-corrected chi connectivity index (χ1v) is 8.80. The zero-order chi connectivity index (χ0) is 13.8. The number of hydrogen-bond donors (Lipinski definition) is 1. The van der Waals surface area contributed by atoms with E-state index >= 15 is 0 Å². The van der Waals surface area contributed by atoms with Gasteiger partial charge in [0.05, 0.1) is 23.1 Å². The van der Waals surface area contributed by atoms with Crippen LogP contribution in [-0.2, 0) is 9.47 Å². The Balaban J connectivity index is 1.92. The van der Waals surface area contributed by atoms with E-state index in [1.807, 2.05) is 6.08 Å². The highest BCUT2D eigenvalue weighted by Gasteiger charge is 2.65. The fraction of sp³-hybridized carbons (Fsp3) is 0.857. The molecule has 0 aromatic heterocycles. The van der Waals surface area contributed by atoms with E-state index in [0.29, 0.717) is 10.7 Å². The standard InChI is InChI=1S/C14H20Br2O3/c1-3-7-5-10-13(18-7)12-8(4-2)9(15)6-11(16)14(12,17)19-10/h3,7-13,17H,1,4-6H2,2H3/t7-,8?,9-,10-,11+,12?,13+,14?/m0/s1. The molecule has 0 radical (unpaired) electrons. The molecule has 0 amide bonds. The molecular weight excluding hydrogens is 376 g/mol. The monoisotopic (exact) mass is 394 g/mol. The van der Waals surface area contributed by atoms with Gasteiger partial charge in [-0.2, -0.15) is 0 Å². The molecular formula is C14H20Br2O3. The van der Waals surface area contributed by atoms with Crippen LogP contribution in [0.3, 0.4) is 0 Å². The summed E-state index contributed by atoms with van der Waals surface area (Å²) < 4.78 is 12.1. The average Bonchev–Trinajstić information content (AvgIpc) is 2.86. The zero-order valence-corrected chi connectivity index (χ0v) is 14.1. The molecule has 2 aliphatic heterocycles. The van der Waals surface area contributed by atoms with Gasteiger partial charge in [-0.25, -0.2) is 0 Å². The summed E-state index contributed by atoms with van der Waals surface area (Å²) in [5.74, 6) is -0.695. The van der Waals surface area contributed by atoms with Gasteiger partial charge in [-0.3, -0.25) is 0 Å². The van der Waals surface area contributed by atoms with Crippen LogP contribution >= 0.6 is 31.9 Å². The van der Waals surface area contributed by atoms with Crippen molar-refractivity contribution in [1.82, 2.24) is 0 Å². The Morgan fingerprint density at radius 2 is 2.16 bits per heavy atom. The third-order valence-electron chi connectivity index (χ3n) is 4.88. The largest absolute Gasteiger partial charge is 0.368 e. The number of aliphatic hydroxyl groups is 1. The first-order chi connectivity index (χ1) is 9.01. The maximum Gasteiger partial charge on any atom is 0.184 e. The van der Waals surface area contributed by atoms with Gasteiger partial charge in [-0.1, -0.05) is 51.3 Å². The van der Waals surface area contributed by atoms with Crippen molar-refractivity contribution in [3.63, 3.8) is 0 Å². The minimum Gasteiger partial charge on any atom is -0.368 e. The fourth-order valence-electron chi connectivity index (χ4n) is 3.96. The van der Waals surface area contributed by atoms with Crippen molar-refractivity contribution >= 4 is 31.9 Å². The lowest BCUT2D eigenvalue weighted by atomic mass is 9.71. The van der Waals surface area contributed by atoms with E-state index in [4.69, 9.17) is 9.47 Å². The lowest BCUT2D eigenvalue weighted by molar-refractivity contribution is -0.232. The normalized spacial score (nSPS) is 56.7. The van der Waals surface area contributed by atoms with Crippen LogP contribution in [0.15, 0.2) is 12.7 Å². The van der Waals surface area contributed by atoms with Gasteiger partial charge in [0.2, 0.25) is 0 Å². The Labute approximate surface area is 131 Å². The van der Waals surface area contributed by atoms with Crippen molar-refractivity contribution in [2.24, 2.45) is 11.8 Å². The van der Waals surface area contributed by atoms with Gasteiger partial charge in [0, 0.05) is 17.2 Å². The molecule has 1 N–H and O–H groups in total. The number of ether oxygens (including phenoxy) is 2. The molecule has 0 aromatic carbocycles. The van der Waals surface area contributed by atoms with Gasteiger partial charge in [-0.05, 0) is 12.3 Å². The summed E-state index contributed by atoms with van der Waals surface area (Å²) in [6.45, 7) is 5.97. The highest BCUT2D eigenvalue weighted by molar-refractivity contribution is 9.10. The summed E-state index contributed by atoms with van der Waals surface area (Å²) in [6, 6.07) is 0. The van der Waals surface area contributed by atoms with E-state index in [-0.39, 0.29) is 29.1 Å². The van der Waals surface area contributed by atoms with Gasteiger partial charge < -0.3 is 14.6 Å². The van der Waals surface area contributed by atoms with Gasteiger partial charge in [0.25, 0.3) is 0 Å². The van der Waals surface area contributed by atoms with Crippen LogP contribution < -0.4 is 0 Å². The van der Waals surface area contributed by atoms with E-state index < -0.39 is 5.79 Å². The predicted octanol–water partition coefficient (Wildman–Crippen LogP) is 2.99. The topological polar surface area (TPSA) is 38.7 Å². The van der Waals surface area contributed by atoms with Crippen LogP contribution in [0.5, 0.6) is 0 Å². The summed E-state index contributed by atoms with van der Waals surface area (Å²) in [6.07, 6.45) is 4.55. The number of halogens is 2. The molecule has 3 rings (SSSR count). The zero-order valence-electron chi connectivity index (χ0n) is 11.0. The molecule has 19 heavy (non-hydrogen) atoms. The molecule has 3 nitrogen and oxygen atoms in total. The molecule has 3 aliphatic rings. The van der Waals surface area contributed by atoms with Crippen molar-refractivity contribution in [3.05, 3.63) is 12.7 Å². The highest BCUT2D eigenvalue weighted by atomic mass is 79.9. The second kappa shape index (κ2) is 5.09. The van der Waals surface area contributed by atoms with Crippen molar-refractivity contribution in [3.8, 4) is 0 Å². The minimum atomic E-state index is -1.09. The van der Waals surface area contributed by atoms with Gasteiger partial charge >= 0.3 is 0 Å². The van der Waals surface area contributed by atoms with Crippen LogP contribution in [-0.4, -0.2) is 38.9 Å². The Morgan fingerprint density at radius 1 is 1.42 bits per heavy atom. The number of hydrogen-bond acceptors (Lipinski definition) is 3. The van der Waals surface area contributed by atoms with Crippen molar-refractivity contribution in [2.75, 3.05) is 0 Å². The second-order valence-electron chi connectivity index (χ2n) is 5.84. The second-order valence-corrected chi connectivity index (χ2v) is 8.12. The molecule has 3 fully saturated rings. The van der Waals surface area contributed by atoms with Crippen molar-refractivity contribution in [2.45, 2.75) is 59.9 Å². The first kappa shape index (κ1) is 14.5. The van der Waals surface area contributed by atoms with E-state index in [1.54, 1.807) is 0 Å². The van der Waals surface area contributed by atoms with E-state index in [1.165, 1.54) is 0 Å². The summed E-state index contributed by atoms with van der Waals surface area (Å²) in [4.78, 5) is 0.342. The van der Waals surface area contributed by atoms with Crippen LogP contribution in [0.1, 0.15) is 26.2 Å². The summed E-state index contributed by atoms with van der Waals surface area (Å²) in [7, 11) is 0. The molecule has 3 unspecified atom stereocenters. The fourth-order valence-corrected chi connectivity index (χ4v) is 6.35. The third-order valence-corrected chi connectivity index (χ3v) is 6.96. The maximum atomic E-state index is 11.0. The van der Waals surface area contributed by atoms with Crippen LogP contribution in [0.25, 0.3) is 0 Å². The lowest BCUT2D eigenvalue weighted by Gasteiger charge is -2.46. The highest BCUT2D eigenvalue weighted by Crippen LogP contribution is 2.56. The average molecular weight is 396 g/mol. The van der Waals surface area contributed by atoms with Gasteiger partial charge in [0.15, 0.2) is 5.79 Å². The predicted molar refractivity (Wildman–Crippen MR) is 80.6 cm³/mol. The van der Waals surface area contributed by atoms with Gasteiger partial charge in [0.1, 0.15) is 0 Å². The Kier molecular flexibility index (Phi) is 3.89. The maximum absolute atomic E-state index is 11.0. The first-order valence-electron chi connectivity index (χ1n) is 6.97. The molecule has 2 saturated heterocycles. The van der Waals surface area contributed by atoms with Crippen LogP contribution in [0.2, 0.25) is 0 Å². The van der Waals surface area contributed by atoms with Crippen LogP contribution in [0, 0.1) is 11.8 Å². The van der Waals surface area contributed by atoms with Crippen LogP contribution in [0.4, 0.5) is 0 Å². The van der Waals surface area contributed by atoms with E-state index in [2.05, 4.69) is 45.4 Å². The molecule has 2 heterocycles. The molecule has 1 aliphatic carbocycles. The third kappa shape index (κ3) is 2.08.